The van der Waals surface area contributed by atoms with Gasteiger partial charge in [-0.3, -0.25) is 4.79 Å². The number of halogens is 1. The average Bonchev–Trinajstić information content (AvgIpc) is 2.50. The highest BCUT2D eigenvalue weighted by Crippen LogP contribution is 2.28. The second kappa shape index (κ2) is 8.23. The van der Waals surface area contributed by atoms with Gasteiger partial charge in [0.1, 0.15) is 11.9 Å². The first kappa shape index (κ1) is 16.1. The number of ether oxygens (including phenoxy) is 1. The van der Waals surface area contributed by atoms with Crippen molar-refractivity contribution in [3.63, 3.8) is 0 Å². The summed E-state index contributed by atoms with van der Waals surface area (Å²) >= 11 is 6.45. The average molecular weight is 307 g/mol. The molecule has 3 heteroatoms. The molecule has 1 heterocycles. The van der Waals surface area contributed by atoms with Gasteiger partial charge in [-0.2, -0.15) is 0 Å². The predicted octanol–water partition coefficient (Wildman–Crippen LogP) is 4.96. The summed E-state index contributed by atoms with van der Waals surface area (Å²) in [4.78, 5) is 11.9. The molecule has 0 radical (unpaired) electrons. The van der Waals surface area contributed by atoms with E-state index < -0.39 is 0 Å². The van der Waals surface area contributed by atoms with Crippen LogP contribution in [0.3, 0.4) is 0 Å². The first-order chi connectivity index (χ1) is 10.2. The minimum absolute atomic E-state index is 0.0160. The second-order valence-electron chi connectivity index (χ2n) is 5.55. The highest BCUT2D eigenvalue weighted by molar-refractivity contribution is 6.21. The molecule has 21 heavy (non-hydrogen) atoms. The van der Waals surface area contributed by atoms with E-state index in [0.717, 1.165) is 18.4 Å². The van der Waals surface area contributed by atoms with E-state index in [0.29, 0.717) is 18.6 Å². The van der Waals surface area contributed by atoms with Crippen molar-refractivity contribution in [3.05, 3.63) is 42.0 Å². The van der Waals surface area contributed by atoms with Crippen LogP contribution in [0.1, 0.15) is 51.0 Å². The molecule has 2 atom stereocenters. The molecule has 2 nitrogen and oxygen atoms in total. The van der Waals surface area contributed by atoms with Crippen LogP contribution in [0.5, 0.6) is 0 Å². The molecule has 0 bridgehead atoms. The summed E-state index contributed by atoms with van der Waals surface area (Å²) < 4.78 is 6.12. The van der Waals surface area contributed by atoms with Crippen LogP contribution in [0.15, 0.2) is 36.4 Å². The van der Waals surface area contributed by atoms with Crippen molar-refractivity contribution in [2.45, 2.75) is 56.9 Å². The van der Waals surface area contributed by atoms with Crippen molar-refractivity contribution >= 4 is 23.1 Å². The fraction of sp³-hybridized carbons (Fsp3) is 0.500. The van der Waals surface area contributed by atoms with Crippen molar-refractivity contribution in [1.29, 1.82) is 0 Å². The number of ketones is 1. The summed E-state index contributed by atoms with van der Waals surface area (Å²) in [5, 5.41) is -0.0989. The Bertz CT molecular complexity index is 481. The van der Waals surface area contributed by atoms with Crippen LogP contribution in [-0.4, -0.2) is 17.3 Å². The maximum atomic E-state index is 11.9. The smallest absolute Gasteiger partial charge is 0.159 e. The summed E-state index contributed by atoms with van der Waals surface area (Å²) in [6, 6.07) is 9.79. The van der Waals surface area contributed by atoms with Gasteiger partial charge in [0, 0.05) is 18.1 Å². The van der Waals surface area contributed by atoms with Crippen molar-refractivity contribution < 1.29 is 9.53 Å². The molecule has 0 fully saturated rings. The summed E-state index contributed by atoms with van der Waals surface area (Å²) in [6.45, 7) is 2.19. The van der Waals surface area contributed by atoms with Gasteiger partial charge < -0.3 is 4.74 Å². The zero-order valence-electron chi connectivity index (χ0n) is 12.6. The van der Waals surface area contributed by atoms with Crippen molar-refractivity contribution in [2.75, 3.05) is 0 Å². The van der Waals surface area contributed by atoms with Gasteiger partial charge in [-0.05, 0) is 19.3 Å². The van der Waals surface area contributed by atoms with Crippen molar-refractivity contribution in [1.82, 2.24) is 0 Å². The number of hydrogen-bond acceptors (Lipinski definition) is 2. The van der Waals surface area contributed by atoms with Gasteiger partial charge in [-0.15, -0.1) is 11.6 Å². The molecule has 1 aliphatic rings. The number of allylic oxidation sites excluding steroid dienone is 1. The standard InChI is InChI=1S/C18H23ClO2/c1-2-3-5-10-17-16(19)12-11-15(20)13-18(21-17)14-8-6-4-7-9-14/h4,6-9,13,16-17H,2-3,5,10-12H2,1H3/b18-13-/t16-,17-/m1/s1. The maximum Gasteiger partial charge on any atom is 0.159 e. The van der Waals surface area contributed by atoms with Crippen LogP contribution in [0.2, 0.25) is 0 Å². The molecular weight excluding hydrogens is 284 g/mol. The van der Waals surface area contributed by atoms with E-state index in [1.165, 1.54) is 12.8 Å². The third kappa shape index (κ3) is 4.89. The number of benzene rings is 1. The van der Waals surface area contributed by atoms with Crippen LogP contribution in [0.4, 0.5) is 0 Å². The van der Waals surface area contributed by atoms with E-state index in [1.54, 1.807) is 6.08 Å². The lowest BCUT2D eigenvalue weighted by Gasteiger charge is -2.27. The maximum absolute atomic E-state index is 11.9. The normalized spacial score (nSPS) is 25.4. The Morgan fingerprint density at radius 3 is 2.71 bits per heavy atom. The van der Waals surface area contributed by atoms with E-state index in [9.17, 15) is 4.79 Å². The van der Waals surface area contributed by atoms with Gasteiger partial charge in [0.2, 0.25) is 0 Å². The van der Waals surface area contributed by atoms with Crippen LogP contribution in [0, 0.1) is 0 Å². The summed E-state index contributed by atoms with van der Waals surface area (Å²) in [6.07, 6.45) is 7.23. The Labute approximate surface area is 132 Å². The molecule has 0 N–H and O–H groups in total. The van der Waals surface area contributed by atoms with E-state index in [-0.39, 0.29) is 17.3 Å². The van der Waals surface area contributed by atoms with E-state index in [1.807, 2.05) is 30.3 Å². The molecule has 0 aliphatic carbocycles. The highest BCUT2D eigenvalue weighted by atomic mass is 35.5. The van der Waals surface area contributed by atoms with E-state index >= 15 is 0 Å². The zero-order valence-corrected chi connectivity index (χ0v) is 13.3. The quantitative estimate of drug-likeness (QED) is 0.567. The van der Waals surface area contributed by atoms with Gasteiger partial charge >= 0.3 is 0 Å². The first-order valence-corrected chi connectivity index (χ1v) is 8.25. The molecule has 114 valence electrons. The SMILES string of the molecule is CCCCC[C@H]1O/C(c2ccccc2)=C\C(=O)CC[C@H]1Cl. The van der Waals surface area contributed by atoms with E-state index in [4.69, 9.17) is 16.3 Å². The third-order valence-corrected chi connectivity index (χ3v) is 4.29. The molecule has 0 saturated carbocycles. The predicted molar refractivity (Wildman–Crippen MR) is 87.3 cm³/mol. The van der Waals surface area contributed by atoms with Gasteiger partial charge in [-0.25, -0.2) is 0 Å². The molecule has 0 saturated heterocycles. The Morgan fingerprint density at radius 1 is 1.24 bits per heavy atom. The molecule has 1 aromatic rings. The number of carbonyl (C=O) groups is 1. The summed E-state index contributed by atoms with van der Waals surface area (Å²) in [7, 11) is 0. The van der Waals surface area contributed by atoms with Crippen molar-refractivity contribution in [2.24, 2.45) is 0 Å². The Kier molecular flexibility index (Phi) is 6.31. The van der Waals surface area contributed by atoms with Crippen LogP contribution in [0.25, 0.3) is 5.76 Å². The van der Waals surface area contributed by atoms with Gasteiger partial charge in [-0.1, -0.05) is 50.1 Å². The molecule has 0 amide bonds. The lowest BCUT2D eigenvalue weighted by molar-refractivity contribution is -0.115. The van der Waals surface area contributed by atoms with Crippen LogP contribution in [-0.2, 0) is 9.53 Å². The fourth-order valence-corrected chi connectivity index (χ4v) is 2.83. The largest absolute Gasteiger partial charge is 0.488 e. The first-order valence-electron chi connectivity index (χ1n) is 7.81. The zero-order chi connectivity index (χ0) is 15.1. The fourth-order valence-electron chi connectivity index (χ4n) is 2.54. The topological polar surface area (TPSA) is 26.3 Å². The minimum atomic E-state index is -0.0989. The molecule has 1 aliphatic heterocycles. The number of unbranched alkanes of at least 4 members (excludes halogenated alkanes) is 2. The van der Waals surface area contributed by atoms with E-state index in [2.05, 4.69) is 6.92 Å². The Hall–Kier alpha value is -1.28. The van der Waals surface area contributed by atoms with Crippen molar-refractivity contribution in [3.8, 4) is 0 Å². The van der Waals surface area contributed by atoms with Gasteiger partial charge in [0.05, 0.1) is 5.38 Å². The van der Waals surface area contributed by atoms with Crippen LogP contribution >= 0.6 is 11.6 Å². The van der Waals surface area contributed by atoms with Crippen LogP contribution < -0.4 is 0 Å². The Balaban J connectivity index is 2.16. The number of carbonyl (C=O) groups excluding carboxylic acids is 1. The third-order valence-electron chi connectivity index (χ3n) is 3.79. The molecule has 1 aromatic carbocycles. The number of alkyl halides is 1. The Morgan fingerprint density at radius 2 is 2.00 bits per heavy atom. The summed E-state index contributed by atoms with van der Waals surface area (Å²) in [5.74, 6) is 0.749. The molecule has 2 rings (SSSR count). The number of rotatable bonds is 5. The molecular formula is C18H23ClO2. The monoisotopic (exact) mass is 306 g/mol. The molecule has 0 aromatic heterocycles. The lowest BCUT2D eigenvalue weighted by atomic mass is 10.0. The number of hydrogen-bond donors (Lipinski definition) is 0. The lowest BCUT2D eigenvalue weighted by Crippen LogP contribution is -2.27. The molecule has 0 unspecified atom stereocenters. The van der Waals surface area contributed by atoms with Gasteiger partial charge in [0.25, 0.3) is 0 Å². The second-order valence-corrected chi connectivity index (χ2v) is 6.11. The summed E-state index contributed by atoms with van der Waals surface area (Å²) in [5.41, 5.74) is 0.942. The van der Waals surface area contributed by atoms with Gasteiger partial charge in [0.15, 0.2) is 5.78 Å². The highest BCUT2D eigenvalue weighted by Gasteiger charge is 2.25. The molecule has 0 spiro atoms. The minimum Gasteiger partial charge on any atom is -0.488 e.